The van der Waals surface area contributed by atoms with Crippen molar-refractivity contribution in [1.29, 1.82) is 0 Å². The van der Waals surface area contributed by atoms with Gasteiger partial charge in [-0.3, -0.25) is 0 Å². The first-order valence-corrected chi connectivity index (χ1v) is 8.14. The van der Waals surface area contributed by atoms with Crippen LogP contribution in [0.4, 0.5) is 0 Å². The third-order valence-corrected chi connectivity index (χ3v) is 2.30. The molecule has 0 rings (SSSR count). The average molecular weight is 180 g/mol. The molecular weight excluding hydrogens is 160 g/mol. The van der Waals surface area contributed by atoms with Gasteiger partial charge in [-0.1, -0.05) is 44.5 Å². The zero-order valence-corrected chi connectivity index (χ0v) is 9.99. The fourth-order valence-electron chi connectivity index (χ4n) is 0.842. The molecule has 0 amide bonds. The van der Waals surface area contributed by atoms with Gasteiger partial charge in [-0.15, -0.1) is 5.54 Å². The lowest BCUT2D eigenvalue weighted by Gasteiger charge is -2.02. The van der Waals surface area contributed by atoms with Crippen LogP contribution >= 0.6 is 0 Å². The fourth-order valence-corrected chi connectivity index (χ4v) is 1.35. The van der Waals surface area contributed by atoms with Crippen LogP contribution in [0, 0.1) is 11.5 Å². The maximum Gasteiger partial charge on any atom is 0.129 e. The summed E-state index contributed by atoms with van der Waals surface area (Å²) in [4.78, 5) is 0. The summed E-state index contributed by atoms with van der Waals surface area (Å²) < 4.78 is 0. The average Bonchev–Trinajstić information content (AvgIpc) is 1.84. The van der Waals surface area contributed by atoms with Crippen LogP contribution in [0.1, 0.15) is 26.7 Å². The standard InChI is InChI=1S/C11H20Si/c1-6-8-11(2)9-7-10-12(3,4)5/h9H,6,8H2,1-5H3/b11-9+. The van der Waals surface area contributed by atoms with Crippen molar-refractivity contribution in [3.8, 4) is 11.5 Å². The van der Waals surface area contributed by atoms with Gasteiger partial charge in [0.15, 0.2) is 0 Å². The van der Waals surface area contributed by atoms with Crippen molar-refractivity contribution in [2.45, 2.75) is 46.3 Å². The third kappa shape index (κ3) is 7.62. The molecule has 0 spiro atoms. The van der Waals surface area contributed by atoms with Gasteiger partial charge >= 0.3 is 0 Å². The highest BCUT2D eigenvalue weighted by molar-refractivity contribution is 6.83. The molecule has 0 aromatic rings. The Balaban J connectivity index is 4.08. The van der Waals surface area contributed by atoms with Gasteiger partial charge in [-0.05, 0) is 19.4 Å². The molecule has 0 aromatic heterocycles. The summed E-state index contributed by atoms with van der Waals surface area (Å²) in [6, 6.07) is 0. The lowest BCUT2D eigenvalue weighted by Crippen LogP contribution is -2.16. The van der Waals surface area contributed by atoms with Crippen molar-refractivity contribution in [2.24, 2.45) is 0 Å². The fraction of sp³-hybridized carbons (Fsp3) is 0.636. The SMILES string of the molecule is CCC/C(C)=C/C#C[Si](C)(C)C. The van der Waals surface area contributed by atoms with E-state index in [0.29, 0.717) is 0 Å². The van der Waals surface area contributed by atoms with Gasteiger partial charge in [0.2, 0.25) is 0 Å². The van der Waals surface area contributed by atoms with E-state index in [4.69, 9.17) is 0 Å². The van der Waals surface area contributed by atoms with E-state index in [9.17, 15) is 0 Å². The highest BCUT2D eigenvalue weighted by Crippen LogP contribution is 2.02. The van der Waals surface area contributed by atoms with Crippen LogP contribution in [0.2, 0.25) is 19.6 Å². The Morgan fingerprint density at radius 3 is 2.33 bits per heavy atom. The molecule has 0 aliphatic heterocycles. The van der Waals surface area contributed by atoms with Crippen molar-refractivity contribution < 1.29 is 0 Å². The number of hydrogen-bond acceptors (Lipinski definition) is 0. The summed E-state index contributed by atoms with van der Waals surface area (Å²) in [6.45, 7) is 11.2. The second-order valence-corrected chi connectivity index (χ2v) is 9.01. The lowest BCUT2D eigenvalue weighted by molar-refractivity contribution is 0.906. The molecule has 0 atom stereocenters. The maximum absolute atomic E-state index is 3.32. The van der Waals surface area contributed by atoms with Crippen molar-refractivity contribution in [3.05, 3.63) is 11.6 Å². The van der Waals surface area contributed by atoms with Crippen LogP contribution in [-0.4, -0.2) is 8.07 Å². The number of rotatable bonds is 2. The summed E-state index contributed by atoms with van der Waals surface area (Å²) in [6.07, 6.45) is 4.47. The molecule has 0 fully saturated rings. The van der Waals surface area contributed by atoms with Gasteiger partial charge in [0.1, 0.15) is 8.07 Å². The van der Waals surface area contributed by atoms with Crippen molar-refractivity contribution in [1.82, 2.24) is 0 Å². The highest BCUT2D eigenvalue weighted by atomic mass is 28.3. The molecule has 0 aliphatic carbocycles. The van der Waals surface area contributed by atoms with E-state index < -0.39 is 8.07 Å². The van der Waals surface area contributed by atoms with Gasteiger partial charge in [0, 0.05) is 0 Å². The molecule has 0 aromatic carbocycles. The Morgan fingerprint density at radius 1 is 1.33 bits per heavy atom. The Kier molecular flexibility index (Phi) is 5.00. The van der Waals surface area contributed by atoms with Gasteiger partial charge in [0.05, 0.1) is 0 Å². The third-order valence-electron chi connectivity index (χ3n) is 1.41. The molecule has 0 unspecified atom stereocenters. The van der Waals surface area contributed by atoms with E-state index in [1.165, 1.54) is 18.4 Å². The van der Waals surface area contributed by atoms with Crippen LogP contribution in [0.5, 0.6) is 0 Å². The second kappa shape index (κ2) is 5.21. The van der Waals surface area contributed by atoms with E-state index in [-0.39, 0.29) is 0 Å². The molecule has 1 heteroatoms. The maximum atomic E-state index is 3.32. The summed E-state index contributed by atoms with van der Waals surface area (Å²) in [7, 11) is -1.15. The van der Waals surface area contributed by atoms with Gasteiger partial charge < -0.3 is 0 Å². The quantitative estimate of drug-likeness (QED) is 0.450. The molecule has 0 saturated carbocycles. The molecule has 0 radical (unpaired) electrons. The van der Waals surface area contributed by atoms with Crippen LogP contribution < -0.4 is 0 Å². The number of allylic oxidation sites excluding steroid dienone is 2. The summed E-state index contributed by atoms with van der Waals surface area (Å²) >= 11 is 0. The molecule has 0 bridgehead atoms. The Hall–Kier alpha value is -0.483. The molecular formula is C11H20Si. The largest absolute Gasteiger partial charge is 0.129 e. The van der Waals surface area contributed by atoms with Crippen molar-refractivity contribution in [2.75, 3.05) is 0 Å². The second-order valence-electron chi connectivity index (χ2n) is 4.26. The summed E-state index contributed by atoms with van der Waals surface area (Å²) in [5.74, 6) is 3.16. The molecule has 0 nitrogen and oxygen atoms in total. The van der Waals surface area contributed by atoms with E-state index in [0.717, 1.165) is 0 Å². The van der Waals surface area contributed by atoms with Gasteiger partial charge in [-0.25, -0.2) is 0 Å². The first-order chi connectivity index (χ1) is 5.45. The normalized spacial score (nSPS) is 12.2. The molecule has 0 saturated heterocycles. The van der Waals surface area contributed by atoms with Crippen LogP contribution in [0.15, 0.2) is 11.6 Å². The lowest BCUT2D eigenvalue weighted by atomic mass is 10.2. The molecule has 0 heterocycles. The van der Waals surface area contributed by atoms with E-state index >= 15 is 0 Å². The topological polar surface area (TPSA) is 0 Å². The minimum absolute atomic E-state index is 1.15. The van der Waals surface area contributed by atoms with Gasteiger partial charge in [0.25, 0.3) is 0 Å². The highest BCUT2D eigenvalue weighted by Gasteiger charge is 2.06. The Labute approximate surface area is 78.1 Å². The van der Waals surface area contributed by atoms with Crippen molar-refractivity contribution >= 4 is 8.07 Å². The Bertz CT molecular complexity index is 207. The molecule has 12 heavy (non-hydrogen) atoms. The molecule has 68 valence electrons. The van der Waals surface area contributed by atoms with E-state index in [2.05, 4.69) is 51.0 Å². The first kappa shape index (κ1) is 11.5. The van der Waals surface area contributed by atoms with Crippen LogP contribution in [0.25, 0.3) is 0 Å². The minimum Gasteiger partial charge on any atom is -0.127 e. The molecule has 0 aliphatic rings. The predicted molar refractivity (Wildman–Crippen MR) is 59.8 cm³/mol. The zero-order valence-electron chi connectivity index (χ0n) is 8.99. The monoisotopic (exact) mass is 180 g/mol. The first-order valence-electron chi connectivity index (χ1n) is 4.64. The van der Waals surface area contributed by atoms with Crippen molar-refractivity contribution in [3.63, 3.8) is 0 Å². The van der Waals surface area contributed by atoms with E-state index in [1.54, 1.807) is 0 Å². The zero-order chi connectivity index (χ0) is 9.61. The Morgan fingerprint density at radius 2 is 1.92 bits per heavy atom. The van der Waals surface area contributed by atoms with E-state index in [1.807, 2.05) is 0 Å². The predicted octanol–water partition coefficient (Wildman–Crippen LogP) is 3.61. The minimum atomic E-state index is -1.15. The summed E-state index contributed by atoms with van der Waals surface area (Å²) in [5.41, 5.74) is 4.73. The van der Waals surface area contributed by atoms with Crippen LogP contribution in [-0.2, 0) is 0 Å². The summed E-state index contributed by atoms with van der Waals surface area (Å²) in [5, 5.41) is 0. The number of hydrogen-bond donors (Lipinski definition) is 0. The molecule has 0 N–H and O–H groups in total. The smallest absolute Gasteiger partial charge is 0.127 e. The van der Waals surface area contributed by atoms with Gasteiger partial charge in [-0.2, -0.15) is 0 Å². The van der Waals surface area contributed by atoms with Crippen LogP contribution in [0.3, 0.4) is 0 Å².